The molecule has 0 unspecified atom stereocenters. The third kappa shape index (κ3) is 5.43. The number of hydrogen-bond acceptors (Lipinski definition) is 3. The van der Waals surface area contributed by atoms with E-state index in [1.807, 2.05) is 72.8 Å². The number of fused-ring (bicyclic) bond motifs is 1. The van der Waals surface area contributed by atoms with Crippen molar-refractivity contribution in [3.8, 4) is 5.75 Å². The van der Waals surface area contributed by atoms with Crippen molar-refractivity contribution in [1.82, 2.24) is 0 Å². The third-order valence-electron chi connectivity index (χ3n) is 5.84. The van der Waals surface area contributed by atoms with Gasteiger partial charge >= 0.3 is 0 Å². The largest absolute Gasteiger partial charge is 0.484 e. The van der Waals surface area contributed by atoms with Gasteiger partial charge in [0.1, 0.15) is 5.75 Å². The van der Waals surface area contributed by atoms with E-state index in [-0.39, 0.29) is 23.8 Å². The van der Waals surface area contributed by atoms with E-state index in [9.17, 15) is 9.59 Å². The monoisotopic (exact) mass is 442 g/mol. The fourth-order valence-electron chi connectivity index (χ4n) is 4.00. The van der Waals surface area contributed by atoms with Gasteiger partial charge in [0.2, 0.25) is 0 Å². The zero-order chi connectivity index (χ0) is 23.4. The lowest BCUT2D eigenvalue weighted by molar-refractivity contribution is -0.118. The van der Waals surface area contributed by atoms with E-state index in [0.717, 1.165) is 24.1 Å². The molecule has 5 heteroatoms. The van der Waals surface area contributed by atoms with Gasteiger partial charge in [0.05, 0.1) is 0 Å². The highest BCUT2D eigenvalue weighted by Crippen LogP contribution is 2.31. The highest BCUT2D eigenvalue weighted by Gasteiger charge is 2.24. The molecule has 0 aliphatic carbocycles. The molecule has 0 saturated heterocycles. The maximum Gasteiger partial charge on any atom is 0.262 e. The van der Waals surface area contributed by atoms with Crippen molar-refractivity contribution in [1.29, 1.82) is 0 Å². The average molecular weight is 443 g/mol. The van der Waals surface area contributed by atoms with Gasteiger partial charge in [-0.15, -0.1) is 0 Å². The molecule has 0 aromatic heterocycles. The summed E-state index contributed by atoms with van der Waals surface area (Å²) >= 11 is 0. The SMILES string of the molecule is CC(C)(C)c1ccc(OCC(=O)Nc2ccc3c(c2)N(C(=O)c2ccccc2)CCC3)cc1. The topological polar surface area (TPSA) is 58.6 Å². The molecule has 1 aliphatic rings. The van der Waals surface area contributed by atoms with Gasteiger partial charge < -0.3 is 15.0 Å². The summed E-state index contributed by atoms with van der Waals surface area (Å²) < 4.78 is 5.66. The van der Waals surface area contributed by atoms with Crippen LogP contribution in [0.4, 0.5) is 11.4 Å². The zero-order valence-corrected chi connectivity index (χ0v) is 19.4. The predicted octanol–water partition coefficient (Wildman–Crippen LogP) is 5.59. The Morgan fingerprint density at radius 3 is 2.39 bits per heavy atom. The Kier molecular flexibility index (Phi) is 6.50. The molecule has 1 aliphatic heterocycles. The van der Waals surface area contributed by atoms with Crippen LogP contribution in [0.25, 0.3) is 0 Å². The number of amides is 2. The Bertz CT molecular complexity index is 1130. The molecule has 0 atom stereocenters. The maximum atomic E-state index is 13.1. The number of carbonyl (C=O) groups excluding carboxylic acids is 2. The van der Waals surface area contributed by atoms with Gasteiger partial charge in [0.15, 0.2) is 6.61 Å². The summed E-state index contributed by atoms with van der Waals surface area (Å²) in [6.07, 6.45) is 1.83. The number of nitrogens with one attached hydrogen (secondary N) is 1. The minimum absolute atomic E-state index is 0.0259. The Balaban J connectivity index is 1.42. The molecule has 0 fully saturated rings. The fourth-order valence-corrected chi connectivity index (χ4v) is 4.00. The fraction of sp³-hybridized carbons (Fsp3) is 0.286. The van der Waals surface area contributed by atoms with Crippen LogP contribution in [0.1, 0.15) is 48.7 Å². The van der Waals surface area contributed by atoms with E-state index < -0.39 is 0 Å². The van der Waals surface area contributed by atoms with E-state index in [2.05, 4.69) is 26.1 Å². The van der Waals surface area contributed by atoms with Crippen LogP contribution in [0.3, 0.4) is 0 Å². The highest BCUT2D eigenvalue weighted by molar-refractivity contribution is 6.07. The summed E-state index contributed by atoms with van der Waals surface area (Å²) in [6, 6.07) is 22.9. The van der Waals surface area contributed by atoms with Gasteiger partial charge in [-0.2, -0.15) is 0 Å². The molecule has 0 spiro atoms. The van der Waals surface area contributed by atoms with E-state index in [0.29, 0.717) is 23.5 Å². The van der Waals surface area contributed by atoms with Gasteiger partial charge in [-0.25, -0.2) is 0 Å². The standard InChI is InChI=1S/C28H30N2O3/c1-28(2,3)22-12-15-24(16-13-22)33-19-26(31)29-23-14-11-20-10-7-17-30(25(20)18-23)27(32)21-8-5-4-6-9-21/h4-6,8-9,11-16,18H,7,10,17,19H2,1-3H3,(H,29,31). The Hall–Kier alpha value is -3.60. The van der Waals surface area contributed by atoms with Crippen molar-refractivity contribution in [2.24, 2.45) is 0 Å². The van der Waals surface area contributed by atoms with Gasteiger partial charge in [0.25, 0.3) is 11.8 Å². The molecule has 0 radical (unpaired) electrons. The smallest absolute Gasteiger partial charge is 0.262 e. The molecular formula is C28H30N2O3. The number of benzene rings is 3. The van der Waals surface area contributed by atoms with Crippen LogP contribution in [0.2, 0.25) is 0 Å². The molecule has 3 aromatic rings. The minimum Gasteiger partial charge on any atom is -0.484 e. The number of nitrogens with zero attached hydrogens (tertiary/aromatic N) is 1. The van der Waals surface area contributed by atoms with E-state index in [4.69, 9.17) is 4.74 Å². The van der Waals surface area contributed by atoms with Gasteiger partial charge in [-0.1, -0.05) is 57.2 Å². The maximum absolute atomic E-state index is 13.1. The molecule has 2 amide bonds. The van der Waals surface area contributed by atoms with Crippen LogP contribution in [-0.2, 0) is 16.6 Å². The van der Waals surface area contributed by atoms with E-state index in [1.165, 1.54) is 5.56 Å². The van der Waals surface area contributed by atoms with Crippen LogP contribution < -0.4 is 15.0 Å². The van der Waals surface area contributed by atoms with E-state index >= 15 is 0 Å². The summed E-state index contributed by atoms with van der Waals surface area (Å²) in [6.45, 7) is 7.04. The summed E-state index contributed by atoms with van der Waals surface area (Å²) in [4.78, 5) is 27.4. The van der Waals surface area contributed by atoms with Crippen LogP contribution in [-0.4, -0.2) is 25.0 Å². The molecule has 1 N–H and O–H groups in total. The van der Waals surface area contributed by atoms with Gasteiger partial charge in [0, 0.05) is 23.5 Å². The molecule has 4 rings (SSSR count). The second-order valence-electron chi connectivity index (χ2n) is 9.38. The van der Waals surface area contributed by atoms with Crippen molar-refractivity contribution in [2.75, 3.05) is 23.4 Å². The summed E-state index contributed by atoms with van der Waals surface area (Å²) in [5.41, 5.74) is 4.55. The lowest BCUT2D eigenvalue weighted by Gasteiger charge is -2.30. The summed E-state index contributed by atoms with van der Waals surface area (Å²) in [5, 5.41) is 2.90. The van der Waals surface area contributed by atoms with Crippen LogP contribution in [0.5, 0.6) is 5.75 Å². The Morgan fingerprint density at radius 1 is 0.970 bits per heavy atom. The number of hydrogen-bond donors (Lipinski definition) is 1. The molecule has 0 bridgehead atoms. The molecule has 5 nitrogen and oxygen atoms in total. The first kappa shape index (κ1) is 22.6. The Morgan fingerprint density at radius 2 is 1.70 bits per heavy atom. The second kappa shape index (κ2) is 9.49. The van der Waals surface area contributed by atoms with Crippen LogP contribution in [0.15, 0.2) is 72.8 Å². The number of aryl methyl sites for hydroxylation is 1. The van der Waals surface area contributed by atoms with Crippen molar-refractivity contribution in [2.45, 2.75) is 39.0 Å². The minimum atomic E-state index is -0.244. The quantitative estimate of drug-likeness (QED) is 0.560. The van der Waals surface area contributed by atoms with E-state index in [1.54, 1.807) is 4.90 Å². The van der Waals surface area contributed by atoms with Crippen molar-refractivity contribution in [3.05, 3.63) is 89.5 Å². The summed E-state index contributed by atoms with van der Waals surface area (Å²) in [7, 11) is 0. The second-order valence-corrected chi connectivity index (χ2v) is 9.38. The molecule has 33 heavy (non-hydrogen) atoms. The normalized spacial score (nSPS) is 13.2. The molecule has 0 saturated carbocycles. The number of anilines is 2. The molecule has 3 aromatic carbocycles. The van der Waals surface area contributed by atoms with Gasteiger partial charge in [-0.05, 0) is 65.8 Å². The van der Waals surface area contributed by atoms with Crippen molar-refractivity contribution < 1.29 is 14.3 Å². The predicted molar refractivity (Wildman–Crippen MR) is 132 cm³/mol. The van der Waals surface area contributed by atoms with Crippen LogP contribution >= 0.6 is 0 Å². The van der Waals surface area contributed by atoms with Crippen molar-refractivity contribution in [3.63, 3.8) is 0 Å². The first-order valence-corrected chi connectivity index (χ1v) is 11.3. The summed E-state index contributed by atoms with van der Waals surface area (Å²) in [5.74, 6) is 0.386. The Labute approximate surface area is 195 Å². The highest BCUT2D eigenvalue weighted by atomic mass is 16.5. The number of ether oxygens (including phenoxy) is 1. The van der Waals surface area contributed by atoms with Crippen molar-refractivity contribution >= 4 is 23.2 Å². The van der Waals surface area contributed by atoms with Gasteiger partial charge in [-0.3, -0.25) is 9.59 Å². The van der Waals surface area contributed by atoms with Crippen LogP contribution in [0, 0.1) is 0 Å². The third-order valence-corrected chi connectivity index (χ3v) is 5.84. The first-order valence-electron chi connectivity index (χ1n) is 11.3. The lowest BCUT2D eigenvalue weighted by atomic mass is 9.87. The molecule has 170 valence electrons. The molecule has 1 heterocycles. The molecular weight excluding hydrogens is 412 g/mol. The first-order chi connectivity index (χ1) is 15.8. The lowest BCUT2D eigenvalue weighted by Crippen LogP contribution is -2.35. The zero-order valence-electron chi connectivity index (χ0n) is 19.4. The number of carbonyl (C=O) groups is 2. The average Bonchev–Trinajstić information content (AvgIpc) is 2.82. The number of rotatable bonds is 5.